The van der Waals surface area contributed by atoms with Crippen molar-refractivity contribution in [1.29, 1.82) is 0 Å². The SMILES string of the molecule is O=C(O)c1nc2cnc(Cl)cc2o1. The fraction of sp³-hybridized carbons (Fsp3) is 0. The van der Waals surface area contributed by atoms with E-state index in [9.17, 15) is 4.79 Å². The van der Waals surface area contributed by atoms with Gasteiger partial charge >= 0.3 is 11.9 Å². The fourth-order valence-electron chi connectivity index (χ4n) is 0.899. The van der Waals surface area contributed by atoms with E-state index in [-0.39, 0.29) is 11.0 Å². The Bertz CT molecular complexity index is 480. The number of carbonyl (C=O) groups is 1. The molecule has 13 heavy (non-hydrogen) atoms. The highest BCUT2D eigenvalue weighted by atomic mass is 35.5. The van der Waals surface area contributed by atoms with Gasteiger partial charge in [0.15, 0.2) is 5.58 Å². The molecule has 0 aliphatic rings. The van der Waals surface area contributed by atoms with Gasteiger partial charge in [-0.15, -0.1) is 0 Å². The maximum Gasteiger partial charge on any atom is 0.392 e. The molecule has 2 aromatic heterocycles. The molecule has 2 aromatic rings. The van der Waals surface area contributed by atoms with Crippen molar-refractivity contribution in [2.75, 3.05) is 0 Å². The van der Waals surface area contributed by atoms with Crippen LogP contribution in [-0.4, -0.2) is 21.0 Å². The van der Waals surface area contributed by atoms with Gasteiger partial charge in [-0.25, -0.2) is 14.8 Å². The first-order valence-corrected chi connectivity index (χ1v) is 3.70. The molecule has 0 radical (unpaired) electrons. The number of nitrogens with zero attached hydrogens (tertiary/aromatic N) is 2. The van der Waals surface area contributed by atoms with Gasteiger partial charge in [-0.05, 0) is 0 Å². The van der Waals surface area contributed by atoms with E-state index in [1.165, 1.54) is 12.3 Å². The van der Waals surface area contributed by atoms with E-state index in [4.69, 9.17) is 21.1 Å². The lowest BCUT2D eigenvalue weighted by molar-refractivity contribution is 0.0656. The first-order chi connectivity index (χ1) is 6.16. The zero-order valence-electron chi connectivity index (χ0n) is 6.19. The van der Waals surface area contributed by atoms with Gasteiger partial charge in [0.2, 0.25) is 0 Å². The monoisotopic (exact) mass is 198 g/mol. The summed E-state index contributed by atoms with van der Waals surface area (Å²) in [6.45, 7) is 0. The summed E-state index contributed by atoms with van der Waals surface area (Å²) >= 11 is 5.56. The molecule has 0 aliphatic heterocycles. The minimum atomic E-state index is -1.22. The fourth-order valence-corrected chi connectivity index (χ4v) is 1.05. The van der Waals surface area contributed by atoms with Crippen LogP contribution >= 0.6 is 11.6 Å². The Labute approximate surface area is 77.0 Å². The molecule has 0 bridgehead atoms. The highest BCUT2D eigenvalue weighted by Crippen LogP contribution is 2.17. The second-order valence-electron chi connectivity index (χ2n) is 2.30. The van der Waals surface area contributed by atoms with Crippen molar-refractivity contribution < 1.29 is 14.3 Å². The van der Waals surface area contributed by atoms with Crippen LogP contribution in [0.15, 0.2) is 16.7 Å². The van der Waals surface area contributed by atoms with Crippen molar-refractivity contribution in [3.8, 4) is 0 Å². The molecule has 1 N–H and O–H groups in total. The molecule has 0 aliphatic carbocycles. The number of pyridine rings is 1. The van der Waals surface area contributed by atoms with Crippen molar-refractivity contribution in [1.82, 2.24) is 9.97 Å². The van der Waals surface area contributed by atoms with Crippen LogP contribution in [-0.2, 0) is 0 Å². The second-order valence-corrected chi connectivity index (χ2v) is 2.69. The van der Waals surface area contributed by atoms with E-state index >= 15 is 0 Å². The predicted octanol–water partition coefficient (Wildman–Crippen LogP) is 1.57. The van der Waals surface area contributed by atoms with Crippen LogP contribution in [0.5, 0.6) is 0 Å². The summed E-state index contributed by atoms with van der Waals surface area (Å²) in [5.41, 5.74) is 0.694. The van der Waals surface area contributed by atoms with E-state index in [0.29, 0.717) is 11.1 Å². The topological polar surface area (TPSA) is 76.2 Å². The highest BCUT2D eigenvalue weighted by molar-refractivity contribution is 6.29. The molecule has 0 saturated heterocycles. The molecular formula is C7H3ClN2O3. The van der Waals surface area contributed by atoms with E-state index in [0.717, 1.165) is 0 Å². The van der Waals surface area contributed by atoms with Crippen LogP contribution in [0.3, 0.4) is 0 Å². The molecule has 0 aromatic carbocycles. The Morgan fingerprint density at radius 2 is 2.38 bits per heavy atom. The summed E-state index contributed by atoms with van der Waals surface area (Å²) in [6, 6.07) is 1.41. The van der Waals surface area contributed by atoms with Crippen LogP contribution in [0.2, 0.25) is 5.15 Å². The van der Waals surface area contributed by atoms with Crippen molar-refractivity contribution in [2.24, 2.45) is 0 Å². The number of hydrogen-bond acceptors (Lipinski definition) is 4. The van der Waals surface area contributed by atoms with Gasteiger partial charge in [0.25, 0.3) is 0 Å². The third-order valence-electron chi connectivity index (χ3n) is 1.42. The lowest BCUT2D eigenvalue weighted by Crippen LogP contribution is -1.94. The molecule has 0 amide bonds. The number of carboxylic acids is 1. The van der Waals surface area contributed by atoms with Crippen molar-refractivity contribution in [3.05, 3.63) is 23.3 Å². The standard InChI is InChI=1S/C7H3ClN2O3/c8-5-1-4-3(2-9-5)10-6(13-4)7(11)12/h1-2H,(H,11,12). The minimum Gasteiger partial charge on any atom is -0.474 e. The lowest BCUT2D eigenvalue weighted by atomic mass is 10.4. The van der Waals surface area contributed by atoms with Crippen LogP contribution in [0.1, 0.15) is 10.7 Å². The normalized spacial score (nSPS) is 10.5. The molecule has 2 rings (SSSR count). The smallest absolute Gasteiger partial charge is 0.392 e. The number of rotatable bonds is 1. The van der Waals surface area contributed by atoms with Gasteiger partial charge in [0.05, 0.1) is 6.20 Å². The van der Waals surface area contributed by atoms with Gasteiger partial charge in [-0.3, -0.25) is 0 Å². The van der Waals surface area contributed by atoms with E-state index in [2.05, 4.69) is 9.97 Å². The van der Waals surface area contributed by atoms with Crippen LogP contribution in [0.25, 0.3) is 11.1 Å². The van der Waals surface area contributed by atoms with E-state index in [1.54, 1.807) is 0 Å². The third kappa shape index (κ3) is 1.33. The Morgan fingerprint density at radius 3 is 3.08 bits per heavy atom. The third-order valence-corrected chi connectivity index (χ3v) is 1.63. The van der Waals surface area contributed by atoms with E-state index < -0.39 is 5.97 Å². The van der Waals surface area contributed by atoms with Crippen LogP contribution in [0.4, 0.5) is 0 Å². The molecule has 0 fully saturated rings. The average Bonchev–Trinajstić information content (AvgIpc) is 2.46. The maximum absolute atomic E-state index is 10.4. The molecule has 66 valence electrons. The Balaban J connectivity index is 2.68. The molecule has 5 nitrogen and oxygen atoms in total. The molecule has 0 unspecified atom stereocenters. The van der Waals surface area contributed by atoms with Gasteiger partial charge < -0.3 is 9.52 Å². The summed E-state index contributed by atoms with van der Waals surface area (Å²) in [5, 5.41) is 8.78. The molecule has 2 heterocycles. The summed E-state index contributed by atoms with van der Waals surface area (Å²) in [4.78, 5) is 17.8. The summed E-state index contributed by atoms with van der Waals surface area (Å²) in [5.74, 6) is -1.58. The summed E-state index contributed by atoms with van der Waals surface area (Å²) in [7, 11) is 0. The predicted molar refractivity (Wildman–Crippen MR) is 43.8 cm³/mol. The number of aromatic carboxylic acids is 1. The lowest BCUT2D eigenvalue weighted by Gasteiger charge is -1.85. The highest BCUT2D eigenvalue weighted by Gasteiger charge is 2.12. The molecule has 0 atom stereocenters. The zero-order valence-corrected chi connectivity index (χ0v) is 6.95. The molecular weight excluding hydrogens is 196 g/mol. The maximum atomic E-state index is 10.4. The van der Waals surface area contributed by atoms with Crippen molar-refractivity contribution in [3.63, 3.8) is 0 Å². The zero-order chi connectivity index (χ0) is 9.42. The average molecular weight is 199 g/mol. The minimum absolute atomic E-state index is 0.237. The number of aromatic nitrogens is 2. The quantitative estimate of drug-likeness (QED) is 0.704. The Morgan fingerprint density at radius 1 is 1.62 bits per heavy atom. The van der Waals surface area contributed by atoms with Crippen molar-refractivity contribution in [2.45, 2.75) is 0 Å². The molecule has 6 heteroatoms. The van der Waals surface area contributed by atoms with Crippen molar-refractivity contribution >= 4 is 28.7 Å². The number of carboxylic acid groups (broad SMARTS) is 1. The number of oxazole rings is 1. The van der Waals surface area contributed by atoms with Crippen LogP contribution in [0, 0.1) is 0 Å². The number of halogens is 1. The first kappa shape index (κ1) is 8.00. The van der Waals surface area contributed by atoms with Gasteiger partial charge in [-0.1, -0.05) is 11.6 Å². The summed E-state index contributed by atoms with van der Waals surface area (Å²) < 4.78 is 4.88. The molecule has 0 saturated carbocycles. The van der Waals surface area contributed by atoms with Gasteiger partial charge in [0.1, 0.15) is 10.7 Å². The number of fused-ring (bicyclic) bond motifs is 1. The Hall–Kier alpha value is -1.62. The summed E-state index contributed by atoms with van der Waals surface area (Å²) in [6.07, 6.45) is 1.35. The van der Waals surface area contributed by atoms with Crippen LogP contribution < -0.4 is 0 Å². The first-order valence-electron chi connectivity index (χ1n) is 3.32. The Kier molecular flexibility index (Phi) is 1.66. The molecule has 0 spiro atoms. The number of hydrogen-bond donors (Lipinski definition) is 1. The second kappa shape index (κ2) is 2.70. The van der Waals surface area contributed by atoms with Gasteiger partial charge in [0, 0.05) is 6.07 Å². The van der Waals surface area contributed by atoms with Gasteiger partial charge in [-0.2, -0.15) is 0 Å². The van der Waals surface area contributed by atoms with E-state index in [1.807, 2.05) is 0 Å². The largest absolute Gasteiger partial charge is 0.474 e.